The van der Waals surface area contributed by atoms with E-state index in [1.54, 1.807) is 11.3 Å². The summed E-state index contributed by atoms with van der Waals surface area (Å²) in [6.07, 6.45) is 5.08. The third-order valence-electron chi connectivity index (χ3n) is 4.34. The first-order chi connectivity index (χ1) is 9.69. The van der Waals surface area contributed by atoms with Crippen LogP contribution in [0.3, 0.4) is 0 Å². The lowest BCUT2D eigenvalue weighted by atomic mass is 9.99. The number of aromatic nitrogens is 1. The molecule has 2 aliphatic rings. The van der Waals surface area contributed by atoms with Gasteiger partial charge in [-0.2, -0.15) is 0 Å². The Morgan fingerprint density at radius 2 is 2.25 bits per heavy atom. The van der Waals surface area contributed by atoms with Crippen LogP contribution in [-0.2, 0) is 4.74 Å². The van der Waals surface area contributed by atoms with Crippen LogP contribution in [0.2, 0.25) is 0 Å². The summed E-state index contributed by atoms with van der Waals surface area (Å²) in [7, 11) is 1.39. The van der Waals surface area contributed by atoms with Gasteiger partial charge in [-0.3, -0.25) is 4.90 Å². The first kappa shape index (κ1) is 13.8. The SMILES string of the molecule is COC(=O)c1nc(NC2CCN3CCCCC23)sc1C. The lowest BCUT2D eigenvalue weighted by molar-refractivity contribution is 0.0594. The van der Waals surface area contributed by atoms with Gasteiger partial charge in [0.15, 0.2) is 10.8 Å². The summed E-state index contributed by atoms with van der Waals surface area (Å²) in [5.41, 5.74) is 0.443. The van der Waals surface area contributed by atoms with E-state index in [1.165, 1.54) is 39.5 Å². The minimum Gasteiger partial charge on any atom is -0.464 e. The van der Waals surface area contributed by atoms with Gasteiger partial charge >= 0.3 is 5.97 Å². The van der Waals surface area contributed by atoms with E-state index in [2.05, 4.69) is 15.2 Å². The molecule has 0 spiro atoms. The van der Waals surface area contributed by atoms with E-state index >= 15 is 0 Å². The molecule has 0 saturated carbocycles. The van der Waals surface area contributed by atoms with Crippen molar-refractivity contribution >= 4 is 22.4 Å². The molecule has 2 aliphatic heterocycles. The van der Waals surface area contributed by atoms with Crippen LogP contribution in [-0.4, -0.2) is 48.1 Å². The molecule has 1 aromatic heterocycles. The fourth-order valence-electron chi connectivity index (χ4n) is 3.32. The van der Waals surface area contributed by atoms with Crippen LogP contribution < -0.4 is 5.32 Å². The predicted molar refractivity (Wildman–Crippen MR) is 79.4 cm³/mol. The molecule has 5 nitrogen and oxygen atoms in total. The molecule has 0 amide bonds. The molecule has 0 bridgehead atoms. The summed E-state index contributed by atoms with van der Waals surface area (Å²) in [6, 6.07) is 1.10. The summed E-state index contributed by atoms with van der Waals surface area (Å²) in [5, 5.41) is 4.39. The van der Waals surface area contributed by atoms with E-state index in [4.69, 9.17) is 4.74 Å². The number of methoxy groups -OCH3 is 1. The zero-order valence-electron chi connectivity index (χ0n) is 12.0. The number of hydrogen-bond acceptors (Lipinski definition) is 6. The number of aryl methyl sites for hydroxylation is 1. The van der Waals surface area contributed by atoms with Gasteiger partial charge in [0.05, 0.1) is 7.11 Å². The second-order valence-corrected chi connectivity index (χ2v) is 6.76. The molecule has 2 unspecified atom stereocenters. The van der Waals surface area contributed by atoms with Crippen LogP contribution in [0, 0.1) is 6.92 Å². The molecule has 0 radical (unpaired) electrons. The highest BCUT2D eigenvalue weighted by molar-refractivity contribution is 7.15. The van der Waals surface area contributed by atoms with Crippen molar-refractivity contribution in [2.75, 3.05) is 25.5 Å². The van der Waals surface area contributed by atoms with Gasteiger partial charge in [-0.25, -0.2) is 9.78 Å². The van der Waals surface area contributed by atoms with E-state index in [-0.39, 0.29) is 5.97 Å². The number of thiazole rings is 1. The number of carbonyl (C=O) groups is 1. The molecule has 0 aromatic carbocycles. The number of fused-ring (bicyclic) bond motifs is 1. The van der Waals surface area contributed by atoms with E-state index in [1.807, 2.05) is 6.92 Å². The smallest absolute Gasteiger partial charge is 0.357 e. The number of nitrogens with one attached hydrogen (secondary N) is 1. The zero-order chi connectivity index (χ0) is 14.1. The molecule has 3 rings (SSSR count). The molecule has 110 valence electrons. The summed E-state index contributed by atoms with van der Waals surface area (Å²) >= 11 is 1.54. The summed E-state index contributed by atoms with van der Waals surface area (Å²) in [5.74, 6) is -0.350. The number of carbonyl (C=O) groups excluding carboxylic acids is 1. The number of hydrogen-bond donors (Lipinski definition) is 1. The normalized spacial score (nSPS) is 26.3. The van der Waals surface area contributed by atoms with Crippen molar-refractivity contribution < 1.29 is 9.53 Å². The maximum Gasteiger partial charge on any atom is 0.357 e. The third kappa shape index (κ3) is 2.54. The number of anilines is 1. The van der Waals surface area contributed by atoms with Gasteiger partial charge < -0.3 is 10.1 Å². The van der Waals surface area contributed by atoms with Crippen molar-refractivity contribution in [1.82, 2.24) is 9.88 Å². The maximum atomic E-state index is 11.6. The lowest BCUT2D eigenvalue weighted by Crippen LogP contribution is -2.41. The Bertz CT molecular complexity index is 503. The summed E-state index contributed by atoms with van der Waals surface area (Å²) < 4.78 is 4.76. The van der Waals surface area contributed by atoms with Gasteiger partial charge in [-0.15, -0.1) is 11.3 Å². The molecule has 2 fully saturated rings. The van der Waals surface area contributed by atoms with Gasteiger partial charge in [0, 0.05) is 23.5 Å². The van der Waals surface area contributed by atoms with Crippen LogP contribution in [0.5, 0.6) is 0 Å². The van der Waals surface area contributed by atoms with Gasteiger partial charge in [0.2, 0.25) is 0 Å². The highest BCUT2D eigenvalue weighted by Gasteiger charge is 2.35. The summed E-state index contributed by atoms with van der Waals surface area (Å²) in [4.78, 5) is 19.5. The van der Waals surface area contributed by atoms with Crippen LogP contribution in [0.4, 0.5) is 5.13 Å². The Morgan fingerprint density at radius 1 is 1.40 bits per heavy atom. The molecule has 1 N–H and O–H groups in total. The topological polar surface area (TPSA) is 54.5 Å². The number of nitrogens with zero attached hydrogens (tertiary/aromatic N) is 2. The fraction of sp³-hybridized carbons (Fsp3) is 0.714. The highest BCUT2D eigenvalue weighted by Crippen LogP contribution is 2.31. The zero-order valence-corrected chi connectivity index (χ0v) is 12.8. The first-order valence-corrected chi connectivity index (χ1v) is 8.07. The van der Waals surface area contributed by atoms with Crippen molar-refractivity contribution in [2.24, 2.45) is 0 Å². The Kier molecular flexibility index (Phi) is 3.94. The lowest BCUT2D eigenvalue weighted by Gasteiger charge is -2.32. The van der Waals surface area contributed by atoms with E-state index in [9.17, 15) is 4.79 Å². The number of piperidine rings is 1. The molecular formula is C14H21N3O2S. The van der Waals surface area contributed by atoms with Crippen LogP contribution in [0.25, 0.3) is 0 Å². The van der Waals surface area contributed by atoms with Crippen LogP contribution >= 0.6 is 11.3 Å². The monoisotopic (exact) mass is 295 g/mol. The van der Waals surface area contributed by atoms with Crippen molar-refractivity contribution in [1.29, 1.82) is 0 Å². The second-order valence-electron chi connectivity index (χ2n) is 5.55. The quantitative estimate of drug-likeness (QED) is 0.867. The minimum atomic E-state index is -0.350. The molecule has 20 heavy (non-hydrogen) atoms. The average molecular weight is 295 g/mol. The predicted octanol–water partition coefficient (Wildman–Crippen LogP) is 2.28. The molecule has 3 heterocycles. The van der Waals surface area contributed by atoms with E-state index in [0.29, 0.717) is 17.8 Å². The Balaban J connectivity index is 1.70. The fourth-order valence-corrected chi connectivity index (χ4v) is 4.18. The second kappa shape index (κ2) is 5.69. The molecule has 2 saturated heterocycles. The third-order valence-corrected chi connectivity index (χ3v) is 5.24. The van der Waals surface area contributed by atoms with Crippen LogP contribution in [0.1, 0.15) is 41.0 Å². The minimum absolute atomic E-state index is 0.350. The van der Waals surface area contributed by atoms with Gasteiger partial charge in [-0.1, -0.05) is 6.42 Å². The first-order valence-electron chi connectivity index (χ1n) is 7.25. The molecule has 2 atom stereocenters. The highest BCUT2D eigenvalue weighted by atomic mass is 32.1. The van der Waals surface area contributed by atoms with E-state index < -0.39 is 0 Å². The standard InChI is InChI=1S/C14H21N3O2S/c1-9-12(13(18)19-2)16-14(20-9)15-10-6-8-17-7-4-3-5-11(10)17/h10-11H,3-8H2,1-2H3,(H,15,16). The Hall–Kier alpha value is -1.14. The molecule has 0 aliphatic carbocycles. The number of rotatable bonds is 3. The largest absolute Gasteiger partial charge is 0.464 e. The Labute approximate surface area is 123 Å². The average Bonchev–Trinajstić information content (AvgIpc) is 3.03. The maximum absolute atomic E-state index is 11.6. The number of esters is 1. The van der Waals surface area contributed by atoms with Gasteiger partial charge in [-0.05, 0) is 32.7 Å². The van der Waals surface area contributed by atoms with Crippen molar-refractivity contribution in [3.8, 4) is 0 Å². The van der Waals surface area contributed by atoms with E-state index in [0.717, 1.165) is 16.4 Å². The molecule has 1 aromatic rings. The molecule has 6 heteroatoms. The number of ether oxygens (including phenoxy) is 1. The molecular weight excluding hydrogens is 274 g/mol. The van der Waals surface area contributed by atoms with Gasteiger partial charge in [0.25, 0.3) is 0 Å². The Morgan fingerprint density at radius 3 is 3.05 bits per heavy atom. The van der Waals surface area contributed by atoms with Gasteiger partial charge in [0.1, 0.15) is 0 Å². The van der Waals surface area contributed by atoms with Crippen molar-refractivity contribution in [2.45, 2.75) is 44.7 Å². The summed E-state index contributed by atoms with van der Waals surface area (Å²) in [6.45, 7) is 4.32. The van der Waals surface area contributed by atoms with Crippen molar-refractivity contribution in [3.05, 3.63) is 10.6 Å². The van der Waals surface area contributed by atoms with Crippen molar-refractivity contribution in [3.63, 3.8) is 0 Å². The van der Waals surface area contributed by atoms with Crippen LogP contribution in [0.15, 0.2) is 0 Å².